The Labute approximate surface area is 93.8 Å². The average molecular weight is 254 g/mol. The van der Waals surface area contributed by atoms with Crippen molar-refractivity contribution in [1.82, 2.24) is 0 Å². The standard InChI is InChI=1S/C12H16BrN/c1-9-6-10(8-11(13)7-9)2-3-12(14)4-5-12/h6-8H,2-5,14H2,1H3. The molecule has 14 heavy (non-hydrogen) atoms. The summed E-state index contributed by atoms with van der Waals surface area (Å²) in [5, 5.41) is 0. The topological polar surface area (TPSA) is 26.0 Å². The molecule has 1 saturated carbocycles. The molecule has 0 radical (unpaired) electrons. The molecule has 0 spiro atoms. The van der Waals surface area contributed by atoms with Gasteiger partial charge in [-0.1, -0.05) is 22.0 Å². The Morgan fingerprint density at radius 2 is 2.07 bits per heavy atom. The number of halogens is 1. The van der Waals surface area contributed by atoms with Crippen LogP contribution in [0.5, 0.6) is 0 Å². The maximum Gasteiger partial charge on any atom is 0.0180 e. The van der Waals surface area contributed by atoms with Gasteiger partial charge < -0.3 is 5.73 Å². The van der Waals surface area contributed by atoms with Crippen LogP contribution in [-0.4, -0.2) is 5.54 Å². The first-order valence-electron chi connectivity index (χ1n) is 5.12. The van der Waals surface area contributed by atoms with E-state index < -0.39 is 0 Å². The van der Waals surface area contributed by atoms with Crippen LogP contribution >= 0.6 is 15.9 Å². The van der Waals surface area contributed by atoms with Crippen LogP contribution in [0.2, 0.25) is 0 Å². The summed E-state index contributed by atoms with van der Waals surface area (Å²) in [5.74, 6) is 0. The first-order chi connectivity index (χ1) is 6.57. The third kappa shape index (κ3) is 2.58. The van der Waals surface area contributed by atoms with E-state index in [1.807, 2.05) is 0 Å². The molecule has 1 aliphatic carbocycles. The molecule has 0 saturated heterocycles. The van der Waals surface area contributed by atoms with E-state index in [4.69, 9.17) is 5.73 Å². The quantitative estimate of drug-likeness (QED) is 0.880. The summed E-state index contributed by atoms with van der Waals surface area (Å²) in [6.07, 6.45) is 4.65. The van der Waals surface area contributed by atoms with Gasteiger partial charge in [0.05, 0.1) is 0 Å². The van der Waals surface area contributed by atoms with Crippen molar-refractivity contribution in [2.45, 2.75) is 38.1 Å². The fraction of sp³-hybridized carbons (Fsp3) is 0.500. The molecule has 2 heteroatoms. The van der Waals surface area contributed by atoms with E-state index in [0.29, 0.717) is 0 Å². The Hall–Kier alpha value is -0.340. The van der Waals surface area contributed by atoms with Gasteiger partial charge in [-0.25, -0.2) is 0 Å². The first-order valence-corrected chi connectivity index (χ1v) is 5.92. The molecule has 0 heterocycles. The van der Waals surface area contributed by atoms with Crippen LogP contribution in [0, 0.1) is 6.92 Å². The average Bonchev–Trinajstić information content (AvgIpc) is 2.80. The van der Waals surface area contributed by atoms with Gasteiger partial charge >= 0.3 is 0 Å². The van der Waals surface area contributed by atoms with Crippen LogP contribution in [0.25, 0.3) is 0 Å². The van der Waals surface area contributed by atoms with Crippen LogP contribution in [0.15, 0.2) is 22.7 Å². The predicted molar refractivity (Wildman–Crippen MR) is 63.4 cm³/mol. The lowest BCUT2D eigenvalue weighted by Crippen LogP contribution is -2.22. The molecule has 2 rings (SSSR count). The van der Waals surface area contributed by atoms with Gasteiger partial charge in [-0.05, 0) is 55.9 Å². The fourth-order valence-electron chi connectivity index (χ4n) is 1.76. The zero-order chi connectivity index (χ0) is 10.2. The minimum absolute atomic E-state index is 0.177. The van der Waals surface area contributed by atoms with E-state index in [0.717, 1.165) is 12.8 Å². The highest BCUT2D eigenvalue weighted by Crippen LogP contribution is 2.36. The molecule has 0 amide bonds. The van der Waals surface area contributed by atoms with Crippen molar-refractivity contribution in [3.05, 3.63) is 33.8 Å². The van der Waals surface area contributed by atoms with Crippen molar-refractivity contribution in [2.24, 2.45) is 5.73 Å². The second kappa shape index (κ2) is 3.67. The molecule has 76 valence electrons. The number of aryl methyl sites for hydroxylation is 2. The second-order valence-corrected chi connectivity index (χ2v) is 5.41. The van der Waals surface area contributed by atoms with E-state index in [-0.39, 0.29) is 5.54 Å². The van der Waals surface area contributed by atoms with Gasteiger partial charge in [0.2, 0.25) is 0 Å². The van der Waals surface area contributed by atoms with E-state index in [9.17, 15) is 0 Å². The lowest BCUT2D eigenvalue weighted by atomic mass is 10.0. The molecule has 1 aromatic carbocycles. The number of hydrogen-bond acceptors (Lipinski definition) is 1. The number of nitrogens with two attached hydrogens (primary N) is 1. The molecule has 1 fully saturated rings. The van der Waals surface area contributed by atoms with E-state index in [1.165, 1.54) is 28.4 Å². The number of rotatable bonds is 3. The fourth-order valence-corrected chi connectivity index (χ4v) is 2.42. The van der Waals surface area contributed by atoms with E-state index in [1.54, 1.807) is 0 Å². The molecule has 0 aromatic heterocycles. The summed E-state index contributed by atoms with van der Waals surface area (Å²) in [5.41, 5.74) is 8.95. The van der Waals surface area contributed by atoms with Crippen molar-refractivity contribution in [2.75, 3.05) is 0 Å². The first kappa shape index (κ1) is 10.2. The summed E-state index contributed by atoms with van der Waals surface area (Å²) in [7, 11) is 0. The monoisotopic (exact) mass is 253 g/mol. The lowest BCUT2D eigenvalue weighted by Gasteiger charge is -2.09. The molecular formula is C12H16BrN. The summed E-state index contributed by atoms with van der Waals surface area (Å²) in [6, 6.07) is 6.58. The Morgan fingerprint density at radius 3 is 2.64 bits per heavy atom. The van der Waals surface area contributed by atoms with Gasteiger partial charge in [0.1, 0.15) is 0 Å². The highest BCUT2D eigenvalue weighted by molar-refractivity contribution is 9.10. The molecule has 1 nitrogen and oxygen atoms in total. The second-order valence-electron chi connectivity index (χ2n) is 4.50. The third-order valence-corrected chi connectivity index (χ3v) is 3.36. The largest absolute Gasteiger partial charge is 0.325 e. The van der Waals surface area contributed by atoms with Crippen LogP contribution < -0.4 is 5.73 Å². The lowest BCUT2D eigenvalue weighted by molar-refractivity contribution is 0.609. The molecule has 1 aromatic rings. The van der Waals surface area contributed by atoms with Gasteiger partial charge in [-0.15, -0.1) is 0 Å². The van der Waals surface area contributed by atoms with Crippen molar-refractivity contribution < 1.29 is 0 Å². The number of benzene rings is 1. The number of hydrogen-bond donors (Lipinski definition) is 1. The predicted octanol–water partition coefficient (Wildman–Crippen LogP) is 3.18. The van der Waals surface area contributed by atoms with Crippen LogP contribution in [0.4, 0.5) is 0 Å². The highest BCUT2D eigenvalue weighted by atomic mass is 79.9. The van der Waals surface area contributed by atoms with E-state index in [2.05, 4.69) is 41.1 Å². The van der Waals surface area contributed by atoms with Crippen molar-refractivity contribution in [1.29, 1.82) is 0 Å². The Kier molecular flexibility index (Phi) is 2.67. The van der Waals surface area contributed by atoms with Crippen molar-refractivity contribution in [3.63, 3.8) is 0 Å². The Balaban J connectivity index is 2.01. The molecule has 0 atom stereocenters. The van der Waals surface area contributed by atoms with Gasteiger partial charge in [0, 0.05) is 10.0 Å². The normalized spacial score (nSPS) is 18.2. The third-order valence-electron chi connectivity index (χ3n) is 2.91. The Bertz CT molecular complexity index is 322. The maximum atomic E-state index is 6.06. The van der Waals surface area contributed by atoms with Crippen LogP contribution in [-0.2, 0) is 6.42 Å². The molecule has 0 unspecified atom stereocenters. The summed E-state index contributed by atoms with van der Waals surface area (Å²) < 4.78 is 1.18. The smallest absolute Gasteiger partial charge is 0.0180 e. The van der Waals surface area contributed by atoms with Crippen LogP contribution in [0.3, 0.4) is 0 Å². The highest BCUT2D eigenvalue weighted by Gasteiger charge is 2.37. The van der Waals surface area contributed by atoms with Crippen molar-refractivity contribution in [3.8, 4) is 0 Å². The van der Waals surface area contributed by atoms with Gasteiger partial charge in [-0.2, -0.15) is 0 Å². The summed E-state index contributed by atoms with van der Waals surface area (Å²) in [6.45, 7) is 2.13. The van der Waals surface area contributed by atoms with Gasteiger partial charge in [-0.3, -0.25) is 0 Å². The molecule has 2 N–H and O–H groups in total. The minimum atomic E-state index is 0.177. The van der Waals surface area contributed by atoms with Crippen molar-refractivity contribution >= 4 is 15.9 Å². The van der Waals surface area contributed by atoms with Gasteiger partial charge in [0.15, 0.2) is 0 Å². The zero-order valence-corrected chi connectivity index (χ0v) is 10.1. The van der Waals surface area contributed by atoms with E-state index >= 15 is 0 Å². The maximum absolute atomic E-state index is 6.06. The minimum Gasteiger partial charge on any atom is -0.325 e. The summed E-state index contributed by atoms with van der Waals surface area (Å²) in [4.78, 5) is 0. The Morgan fingerprint density at radius 1 is 1.36 bits per heavy atom. The molecular weight excluding hydrogens is 238 g/mol. The summed E-state index contributed by atoms with van der Waals surface area (Å²) >= 11 is 3.52. The molecule has 0 bridgehead atoms. The SMILES string of the molecule is Cc1cc(Br)cc(CCC2(N)CC2)c1. The van der Waals surface area contributed by atoms with Crippen LogP contribution in [0.1, 0.15) is 30.4 Å². The zero-order valence-electron chi connectivity index (χ0n) is 8.52. The molecule has 1 aliphatic rings. The molecule has 0 aliphatic heterocycles. The van der Waals surface area contributed by atoms with Gasteiger partial charge in [0.25, 0.3) is 0 Å².